The highest BCUT2D eigenvalue weighted by atomic mass is 16.3. The molecule has 1 aliphatic carbocycles. The van der Waals surface area contributed by atoms with Gasteiger partial charge in [0.15, 0.2) is 0 Å². The van der Waals surface area contributed by atoms with Crippen LogP contribution in [0.1, 0.15) is 31.9 Å². The average molecular weight is 216 g/mol. The van der Waals surface area contributed by atoms with E-state index in [1.165, 1.54) is 5.56 Å². The highest BCUT2D eigenvalue weighted by Gasteiger charge is 2.49. The molecule has 2 atom stereocenters. The Labute approximate surface area is 97.8 Å². The Morgan fingerprint density at radius 3 is 2.12 bits per heavy atom. The van der Waals surface area contributed by atoms with E-state index in [0.717, 1.165) is 5.56 Å². The van der Waals surface area contributed by atoms with E-state index in [1.54, 1.807) is 0 Å². The van der Waals surface area contributed by atoms with Crippen LogP contribution in [0.15, 0.2) is 36.4 Å². The minimum Gasteiger partial charge on any atom is -0.380 e. The van der Waals surface area contributed by atoms with Crippen LogP contribution < -0.4 is 0 Å². The van der Waals surface area contributed by atoms with E-state index in [1.807, 2.05) is 18.2 Å². The van der Waals surface area contributed by atoms with Crippen molar-refractivity contribution in [3.05, 3.63) is 47.5 Å². The smallest absolute Gasteiger partial charge is 0.113 e. The van der Waals surface area contributed by atoms with Crippen molar-refractivity contribution in [1.82, 2.24) is 0 Å². The summed E-state index contributed by atoms with van der Waals surface area (Å²) in [5.41, 5.74) is 1.23. The fourth-order valence-corrected chi connectivity index (χ4v) is 2.36. The van der Waals surface area contributed by atoms with Gasteiger partial charge in [-0.05, 0) is 18.4 Å². The monoisotopic (exact) mass is 216 g/mol. The molecular formula is C15H20O. The summed E-state index contributed by atoms with van der Waals surface area (Å²) in [6.45, 7) is 8.46. The lowest BCUT2D eigenvalue weighted by atomic mass is 9.69. The number of aryl methyl sites for hydroxylation is 1. The van der Waals surface area contributed by atoms with Gasteiger partial charge < -0.3 is 5.11 Å². The maximum atomic E-state index is 10.9. The van der Waals surface area contributed by atoms with Gasteiger partial charge in [-0.15, -0.1) is 0 Å². The number of aliphatic hydroxyl groups is 1. The molecule has 0 radical (unpaired) electrons. The number of benzene rings is 1. The first-order valence-electron chi connectivity index (χ1n) is 5.87. The molecule has 1 heteroatoms. The van der Waals surface area contributed by atoms with E-state index in [2.05, 4.69) is 45.9 Å². The molecule has 1 aromatic rings. The van der Waals surface area contributed by atoms with Crippen LogP contribution in [0, 0.1) is 18.3 Å². The lowest BCUT2D eigenvalue weighted by molar-refractivity contribution is -0.0354. The molecule has 0 bridgehead atoms. The van der Waals surface area contributed by atoms with E-state index < -0.39 is 5.60 Å². The van der Waals surface area contributed by atoms with Crippen molar-refractivity contribution in [1.29, 1.82) is 0 Å². The fourth-order valence-electron chi connectivity index (χ4n) is 2.36. The Morgan fingerprint density at radius 1 is 1.12 bits per heavy atom. The van der Waals surface area contributed by atoms with E-state index in [0.29, 0.717) is 5.92 Å². The Balaban J connectivity index is 2.47. The van der Waals surface area contributed by atoms with Gasteiger partial charge in [0.2, 0.25) is 0 Å². The molecule has 1 aliphatic rings. The van der Waals surface area contributed by atoms with Crippen molar-refractivity contribution >= 4 is 0 Å². The predicted molar refractivity (Wildman–Crippen MR) is 67.2 cm³/mol. The third-order valence-corrected chi connectivity index (χ3v) is 4.24. The largest absolute Gasteiger partial charge is 0.380 e. The first-order chi connectivity index (χ1) is 7.38. The van der Waals surface area contributed by atoms with Crippen molar-refractivity contribution < 1.29 is 5.11 Å². The number of rotatable bonds is 1. The minimum absolute atomic E-state index is 0.151. The van der Waals surface area contributed by atoms with Gasteiger partial charge >= 0.3 is 0 Å². The molecule has 1 N–H and O–H groups in total. The standard InChI is InChI=1S/C15H20O/c1-11-5-7-13(8-6-11)15(16)10-9-12(2)14(15,3)4/h5-10,12,16H,1-4H3. The molecule has 0 amide bonds. The van der Waals surface area contributed by atoms with Gasteiger partial charge in [-0.1, -0.05) is 62.8 Å². The van der Waals surface area contributed by atoms with Gasteiger partial charge in [0, 0.05) is 5.41 Å². The van der Waals surface area contributed by atoms with Crippen LogP contribution in [0.25, 0.3) is 0 Å². The van der Waals surface area contributed by atoms with Crippen molar-refractivity contribution in [2.75, 3.05) is 0 Å². The summed E-state index contributed by atoms with van der Waals surface area (Å²) < 4.78 is 0. The SMILES string of the molecule is Cc1ccc(C2(O)C=CC(C)C2(C)C)cc1. The molecule has 1 nitrogen and oxygen atoms in total. The molecule has 16 heavy (non-hydrogen) atoms. The van der Waals surface area contributed by atoms with Crippen LogP contribution in [0.3, 0.4) is 0 Å². The molecule has 0 aromatic heterocycles. The first kappa shape index (κ1) is 11.4. The molecular weight excluding hydrogens is 196 g/mol. The second kappa shape index (κ2) is 3.46. The summed E-state index contributed by atoms with van der Waals surface area (Å²) in [5.74, 6) is 0.388. The van der Waals surface area contributed by atoms with Gasteiger partial charge in [-0.2, -0.15) is 0 Å². The highest BCUT2D eigenvalue weighted by Crippen LogP contribution is 2.51. The molecule has 0 saturated heterocycles. The molecule has 0 aliphatic heterocycles. The summed E-state index contributed by atoms with van der Waals surface area (Å²) in [6, 6.07) is 8.17. The van der Waals surface area contributed by atoms with Crippen molar-refractivity contribution in [3.63, 3.8) is 0 Å². The average Bonchev–Trinajstić information content (AvgIpc) is 2.44. The lowest BCUT2D eigenvalue weighted by Gasteiger charge is -2.39. The van der Waals surface area contributed by atoms with Gasteiger partial charge in [-0.3, -0.25) is 0 Å². The Bertz CT molecular complexity index is 414. The second-order valence-corrected chi connectivity index (χ2v) is 5.50. The van der Waals surface area contributed by atoms with Crippen LogP contribution in [0.5, 0.6) is 0 Å². The first-order valence-corrected chi connectivity index (χ1v) is 5.87. The summed E-state index contributed by atoms with van der Waals surface area (Å²) in [6.07, 6.45) is 4.06. The van der Waals surface area contributed by atoms with Crippen LogP contribution in [0.4, 0.5) is 0 Å². The van der Waals surface area contributed by atoms with Gasteiger partial charge in [0.1, 0.15) is 5.60 Å². The quantitative estimate of drug-likeness (QED) is 0.713. The predicted octanol–water partition coefficient (Wildman–Crippen LogP) is 3.41. The molecule has 86 valence electrons. The second-order valence-electron chi connectivity index (χ2n) is 5.50. The van der Waals surface area contributed by atoms with Crippen molar-refractivity contribution in [2.24, 2.45) is 11.3 Å². The molecule has 0 fully saturated rings. The number of hydrogen-bond donors (Lipinski definition) is 1. The fraction of sp³-hybridized carbons (Fsp3) is 0.467. The highest BCUT2D eigenvalue weighted by molar-refractivity contribution is 5.36. The Hall–Kier alpha value is -1.08. The molecule has 1 aromatic carbocycles. The minimum atomic E-state index is -0.833. The van der Waals surface area contributed by atoms with Crippen LogP contribution in [0.2, 0.25) is 0 Å². The third-order valence-electron chi connectivity index (χ3n) is 4.24. The van der Waals surface area contributed by atoms with Gasteiger partial charge in [0.05, 0.1) is 0 Å². The summed E-state index contributed by atoms with van der Waals surface area (Å²) in [7, 11) is 0. The Kier molecular flexibility index (Phi) is 2.47. The molecule has 0 saturated carbocycles. The van der Waals surface area contributed by atoms with Crippen molar-refractivity contribution in [2.45, 2.75) is 33.3 Å². The number of allylic oxidation sites excluding steroid dienone is 1. The molecule has 0 spiro atoms. The lowest BCUT2D eigenvalue weighted by Crippen LogP contribution is -2.40. The van der Waals surface area contributed by atoms with E-state index in [-0.39, 0.29) is 5.41 Å². The summed E-state index contributed by atoms with van der Waals surface area (Å²) in [4.78, 5) is 0. The van der Waals surface area contributed by atoms with Gasteiger partial charge in [-0.25, -0.2) is 0 Å². The zero-order valence-corrected chi connectivity index (χ0v) is 10.5. The van der Waals surface area contributed by atoms with Crippen molar-refractivity contribution in [3.8, 4) is 0 Å². The summed E-state index contributed by atoms with van der Waals surface area (Å²) >= 11 is 0. The van der Waals surface area contributed by atoms with Gasteiger partial charge in [0.25, 0.3) is 0 Å². The Morgan fingerprint density at radius 2 is 1.69 bits per heavy atom. The maximum Gasteiger partial charge on any atom is 0.113 e. The topological polar surface area (TPSA) is 20.2 Å². The maximum absolute atomic E-state index is 10.9. The summed E-state index contributed by atoms with van der Waals surface area (Å²) in [5, 5.41) is 10.9. The van der Waals surface area contributed by atoms with E-state index in [4.69, 9.17) is 0 Å². The molecule has 0 heterocycles. The van der Waals surface area contributed by atoms with E-state index in [9.17, 15) is 5.11 Å². The van der Waals surface area contributed by atoms with E-state index >= 15 is 0 Å². The number of hydrogen-bond acceptors (Lipinski definition) is 1. The zero-order chi connectivity index (χ0) is 12.0. The van der Waals surface area contributed by atoms with Crippen LogP contribution in [-0.4, -0.2) is 5.11 Å². The normalized spacial score (nSPS) is 31.9. The van der Waals surface area contributed by atoms with Crippen LogP contribution in [-0.2, 0) is 5.60 Å². The third kappa shape index (κ3) is 1.42. The molecule has 2 rings (SSSR count). The molecule has 2 unspecified atom stereocenters. The van der Waals surface area contributed by atoms with Crippen LogP contribution >= 0.6 is 0 Å². The zero-order valence-electron chi connectivity index (χ0n) is 10.5.